The van der Waals surface area contributed by atoms with Crippen LogP contribution in [0.4, 0.5) is 5.69 Å². The number of carbonyl (C=O) groups is 1. The number of nitrogens with one attached hydrogen (secondary N) is 1. The van der Waals surface area contributed by atoms with Crippen molar-refractivity contribution < 1.29 is 14.0 Å². The molecule has 7 nitrogen and oxygen atoms in total. The monoisotopic (exact) mass is 534 g/mol. The van der Waals surface area contributed by atoms with Gasteiger partial charge in [0, 0.05) is 43.1 Å². The van der Waals surface area contributed by atoms with Crippen LogP contribution in [-0.2, 0) is 11.5 Å². The molecule has 0 spiro atoms. The average molecular weight is 535 g/mol. The van der Waals surface area contributed by atoms with Gasteiger partial charge < -0.3 is 19.4 Å². The minimum absolute atomic E-state index is 0.0859. The third-order valence-corrected chi connectivity index (χ3v) is 12.5. The number of benzene rings is 2. The summed E-state index contributed by atoms with van der Waals surface area (Å²) < 4.78 is 13.9. The third-order valence-electron chi connectivity index (χ3n) is 8.00. The second-order valence-electron chi connectivity index (χ2n) is 12.0. The van der Waals surface area contributed by atoms with Gasteiger partial charge in [0.2, 0.25) is 0 Å². The first-order valence-electron chi connectivity index (χ1n) is 13.3. The van der Waals surface area contributed by atoms with Gasteiger partial charge in [-0.2, -0.15) is 5.10 Å². The molecule has 204 valence electrons. The minimum Gasteiger partial charge on any atom is -0.497 e. The van der Waals surface area contributed by atoms with Crippen molar-refractivity contribution in [2.75, 3.05) is 25.1 Å². The second-order valence-corrected chi connectivity index (χ2v) is 16.8. The van der Waals surface area contributed by atoms with Crippen molar-refractivity contribution in [3.8, 4) is 16.9 Å². The molecular formula is C30H42N4O3Si. The Morgan fingerprint density at radius 2 is 1.84 bits per heavy atom. The largest absolute Gasteiger partial charge is 0.497 e. The van der Waals surface area contributed by atoms with Gasteiger partial charge in [-0.25, -0.2) is 0 Å². The number of rotatable bonds is 8. The van der Waals surface area contributed by atoms with Gasteiger partial charge in [-0.1, -0.05) is 26.8 Å². The Morgan fingerprint density at radius 1 is 1.13 bits per heavy atom. The van der Waals surface area contributed by atoms with Crippen LogP contribution in [0.15, 0.2) is 48.8 Å². The maximum Gasteiger partial charge on any atom is 0.252 e. The van der Waals surface area contributed by atoms with E-state index in [0.29, 0.717) is 5.56 Å². The smallest absolute Gasteiger partial charge is 0.252 e. The van der Waals surface area contributed by atoms with E-state index in [1.54, 1.807) is 11.8 Å². The standard InChI is InChI=1S/C30H42N4O3Si/c1-20-10-11-25(34-18-27(19-34)37-38(8,9)30(3,4)5)15-28(20)29(35)32-21(2)22-12-23(14-26(13-22)36-7)24-16-31-33(6)17-24/h10-17,21,27H,18-19H2,1-9H3,(H,32,35)/t21-/m1/s1. The summed E-state index contributed by atoms with van der Waals surface area (Å²) in [5.41, 5.74) is 5.68. The van der Waals surface area contributed by atoms with E-state index in [0.717, 1.165) is 46.8 Å². The fourth-order valence-corrected chi connectivity index (χ4v) is 5.79. The van der Waals surface area contributed by atoms with Crippen LogP contribution in [0.2, 0.25) is 18.1 Å². The lowest BCUT2D eigenvalue weighted by Gasteiger charge is -2.47. The molecule has 38 heavy (non-hydrogen) atoms. The molecule has 0 saturated carbocycles. The van der Waals surface area contributed by atoms with E-state index < -0.39 is 8.32 Å². The maximum atomic E-state index is 13.4. The molecule has 1 amide bonds. The summed E-state index contributed by atoms with van der Waals surface area (Å²) >= 11 is 0. The number of aromatic nitrogens is 2. The fraction of sp³-hybridized carbons (Fsp3) is 0.467. The highest BCUT2D eigenvalue weighted by molar-refractivity contribution is 6.74. The molecule has 1 saturated heterocycles. The second kappa shape index (κ2) is 10.6. The van der Waals surface area contributed by atoms with Crippen LogP contribution in [0.25, 0.3) is 11.1 Å². The lowest BCUT2D eigenvalue weighted by molar-refractivity contribution is 0.0939. The third kappa shape index (κ3) is 5.97. The first-order chi connectivity index (χ1) is 17.8. The van der Waals surface area contributed by atoms with Crippen molar-refractivity contribution >= 4 is 19.9 Å². The number of hydrogen-bond donors (Lipinski definition) is 1. The zero-order valence-electron chi connectivity index (χ0n) is 24.3. The number of carbonyl (C=O) groups excluding carboxylic acids is 1. The first kappa shape index (κ1) is 27.9. The van der Waals surface area contributed by atoms with Crippen molar-refractivity contribution in [3.05, 3.63) is 65.5 Å². The zero-order chi connectivity index (χ0) is 27.8. The zero-order valence-corrected chi connectivity index (χ0v) is 25.3. The van der Waals surface area contributed by atoms with E-state index >= 15 is 0 Å². The number of anilines is 1. The Labute approximate surface area is 228 Å². The van der Waals surface area contributed by atoms with Crippen LogP contribution in [0.1, 0.15) is 55.2 Å². The highest BCUT2D eigenvalue weighted by Crippen LogP contribution is 2.39. The molecule has 4 rings (SSSR count). The highest BCUT2D eigenvalue weighted by Gasteiger charge is 2.42. The Kier molecular flexibility index (Phi) is 7.77. The van der Waals surface area contributed by atoms with Crippen molar-refractivity contribution in [1.29, 1.82) is 0 Å². The van der Waals surface area contributed by atoms with Gasteiger partial charge >= 0.3 is 0 Å². The van der Waals surface area contributed by atoms with Crippen molar-refractivity contribution in [2.45, 2.75) is 64.9 Å². The van der Waals surface area contributed by atoms with Gasteiger partial charge in [-0.15, -0.1) is 0 Å². The maximum absolute atomic E-state index is 13.4. The van der Waals surface area contributed by atoms with Crippen molar-refractivity contribution in [1.82, 2.24) is 15.1 Å². The van der Waals surface area contributed by atoms with E-state index in [4.69, 9.17) is 9.16 Å². The van der Waals surface area contributed by atoms with Crippen LogP contribution in [0, 0.1) is 6.92 Å². The van der Waals surface area contributed by atoms with Crippen LogP contribution in [0.5, 0.6) is 5.75 Å². The van der Waals surface area contributed by atoms with Crippen LogP contribution >= 0.6 is 0 Å². The predicted molar refractivity (Wildman–Crippen MR) is 157 cm³/mol. The molecule has 1 fully saturated rings. The van der Waals surface area contributed by atoms with Gasteiger partial charge in [-0.3, -0.25) is 9.48 Å². The number of methoxy groups -OCH3 is 1. The molecule has 1 aliphatic heterocycles. The van der Waals surface area contributed by atoms with E-state index in [-0.39, 0.29) is 23.1 Å². The summed E-state index contributed by atoms with van der Waals surface area (Å²) in [6, 6.07) is 12.0. The summed E-state index contributed by atoms with van der Waals surface area (Å²) in [4.78, 5) is 15.7. The first-order valence-corrected chi connectivity index (χ1v) is 16.2. The van der Waals surface area contributed by atoms with Gasteiger partial charge in [-0.05, 0) is 79.0 Å². The normalized spacial score (nSPS) is 15.2. The summed E-state index contributed by atoms with van der Waals surface area (Å²) in [6.07, 6.45) is 4.04. The minimum atomic E-state index is -1.79. The molecule has 8 heteroatoms. The lowest BCUT2D eigenvalue weighted by Crippen LogP contribution is -2.58. The van der Waals surface area contributed by atoms with Crippen LogP contribution in [-0.4, -0.2) is 50.3 Å². The van der Waals surface area contributed by atoms with E-state index in [2.05, 4.69) is 61.3 Å². The molecule has 1 N–H and O–H groups in total. The Morgan fingerprint density at radius 3 is 2.45 bits per heavy atom. The molecule has 0 aliphatic carbocycles. The summed E-state index contributed by atoms with van der Waals surface area (Å²) in [5, 5.41) is 7.67. The van der Waals surface area contributed by atoms with Crippen molar-refractivity contribution in [2.24, 2.45) is 7.05 Å². The fourth-order valence-electron chi connectivity index (χ4n) is 4.45. The molecule has 1 aliphatic rings. The molecule has 1 atom stereocenters. The SMILES string of the molecule is COc1cc(-c2cnn(C)c2)cc([C@@H](C)NC(=O)c2cc(N3CC(O[Si](C)(C)C(C)(C)C)C3)ccc2C)c1. The topological polar surface area (TPSA) is 68.6 Å². The Balaban J connectivity index is 1.46. The Hall–Kier alpha value is -3.10. The Bertz CT molecular complexity index is 1310. The number of hydrogen-bond acceptors (Lipinski definition) is 5. The highest BCUT2D eigenvalue weighted by atomic mass is 28.4. The lowest BCUT2D eigenvalue weighted by atomic mass is 10.00. The number of aryl methyl sites for hydroxylation is 2. The van der Waals surface area contributed by atoms with Gasteiger partial charge in [0.1, 0.15) is 5.75 Å². The van der Waals surface area contributed by atoms with Crippen LogP contribution < -0.4 is 15.0 Å². The molecule has 0 unspecified atom stereocenters. The van der Waals surface area contributed by atoms with Gasteiger partial charge in [0.15, 0.2) is 8.32 Å². The summed E-state index contributed by atoms with van der Waals surface area (Å²) in [7, 11) is 1.76. The molecule has 0 bridgehead atoms. The number of amides is 1. The number of ether oxygens (including phenoxy) is 1. The summed E-state index contributed by atoms with van der Waals surface area (Å²) in [5.74, 6) is 0.657. The summed E-state index contributed by atoms with van der Waals surface area (Å²) in [6.45, 7) is 17.1. The van der Waals surface area contributed by atoms with Crippen molar-refractivity contribution in [3.63, 3.8) is 0 Å². The molecule has 1 aromatic heterocycles. The van der Waals surface area contributed by atoms with Crippen LogP contribution in [0.3, 0.4) is 0 Å². The molecule has 2 aromatic carbocycles. The molecule has 3 aromatic rings. The predicted octanol–water partition coefficient (Wildman–Crippen LogP) is 6.11. The van der Waals surface area contributed by atoms with Gasteiger partial charge in [0.25, 0.3) is 5.91 Å². The van der Waals surface area contributed by atoms with E-state index in [9.17, 15) is 4.79 Å². The molecule has 0 radical (unpaired) electrons. The van der Waals surface area contributed by atoms with Gasteiger partial charge in [0.05, 0.1) is 25.5 Å². The molecular weight excluding hydrogens is 492 g/mol. The quantitative estimate of drug-likeness (QED) is 0.354. The average Bonchev–Trinajstić information content (AvgIpc) is 3.26. The molecule has 2 heterocycles. The van der Waals surface area contributed by atoms with E-state index in [1.165, 1.54) is 0 Å². The van der Waals surface area contributed by atoms with E-state index in [1.807, 2.05) is 57.6 Å². The number of nitrogens with zero attached hydrogens (tertiary/aromatic N) is 3.